The van der Waals surface area contributed by atoms with Gasteiger partial charge in [-0.2, -0.15) is 9.78 Å². The van der Waals surface area contributed by atoms with E-state index in [1.54, 1.807) is 24.3 Å². The lowest BCUT2D eigenvalue weighted by molar-refractivity contribution is 0.0696. The Bertz CT molecular complexity index is 1210. The van der Waals surface area contributed by atoms with Gasteiger partial charge in [0.25, 0.3) is 5.91 Å². The molecule has 0 unspecified atom stereocenters. The molecule has 0 fully saturated rings. The normalized spacial score (nSPS) is 10.9. The molecule has 0 spiro atoms. The average Bonchev–Trinajstić information content (AvgIpc) is 3.07. The second kappa shape index (κ2) is 6.94. The number of aromatic carboxylic acids is 1. The number of benzene rings is 3. The predicted molar refractivity (Wildman–Crippen MR) is 108 cm³/mol. The van der Waals surface area contributed by atoms with Gasteiger partial charge in [0, 0.05) is 10.9 Å². The van der Waals surface area contributed by atoms with Gasteiger partial charge in [0.05, 0.1) is 21.7 Å². The molecule has 138 valence electrons. The molecule has 1 aromatic heterocycles. The van der Waals surface area contributed by atoms with Crippen LogP contribution in [-0.2, 0) is 0 Å². The molecule has 5 nitrogen and oxygen atoms in total. The maximum Gasteiger partial charge on any atom is 0.335 e. The van der Waals surface area contributed by atoms with Gasteiger partial charge in [-0.25, -0.2) is 4.79 Å². The minimum Gasteiger partial charge on any atom is -0.478 e. The molecule has 4 rings (SSSR count). The molecular formula is C22H15ClN2O3. The fourth-order valence-corrected chi connectivity index (χ4v) is 3.52. The molecule has 0 aliphatic heterocycles. The van der Waals surface area contributed by atoms with Crippen molar-refractivity contribution in [3.05, 3.63) is 88.4 Å². The van der Waals surface area contributed by atoms with E-state index in [4.69, 9.17) is 16.7 Å². The van der Waals surface area contributed by atoms with Crippen LogP contribution in [0.3, 0.4) is 0 Å². The topological polar surface area (TPSA) is 72.2 Å². The number of fused-ring (bicyclic) bond motifs is 1. The number of halogens is 1. The highest BCUT2D eigenvalue weighted by molar-refractivity contribution is 6.34. The zero-order valence-electron chi connectivity index (χ0n) is 14.9. The largest absolute Gasteiger partial charge is 0.478 e. The van der Waals surface area contributed by atoms with Crippen LogP contribution in [0.1, 0.15) is 26.3 Å². The van der Waals surface area contributed by atoms with Gasteiger partial charge < -0.3 is 5.11 Å². The number of carbonyl (C=O) groups excluding carboxylic acids is 1. The summed E-state index contributed by atoms with van der Waals surface area (Å²) in [5, 5.41) is 14.8. The molecule has 0 saturated heterocycles. The van der Waals surface area contributed by atoms with Crippen molar-refractivity contribution in [2.45, 2.75) is 6.92 Å². The molecule has 6 heteroatoms. The van der Waals surface area contributed by atoms with Crippen molar-refractivity contribution < 1.29 is 14.7 Å². The highest BCUT2D eigenvalue weighted by Crippen LogP contribution is 2.30. The van der Waals surface area contributed by atoms with E-state index in [1.165, 1.54) is 16.8 Å². The molecule has 0 amide bonds. The third-order valence-electron chi connectivity index (χ3n) is 4.62. The summed E-state index contributed by atoms with van der Waals surface area (Å²) in [7, 11) is 0. The number of hydrogen-bond acceptors (Lipinski definition) is 3. The van der Waals surface area contributed by atoms with E-state index in [1.807, 2.05) is 37.3 Å². The highest BCUT2D eigenvalue weighted by atomic mass is 35.5. The van der Waals surface area contributed by atoms with E-state index < -0.39 is 5.97 Å². The van der Waals surface area contributed by atoms with Crippen LogP contribution in [0.15, 0.2) is 66.7 Å². The molecule has 0 bridgehead atoms. The van der Waals surface area contributed by atoms with Crippen molar-refractivity contribution in [3.8, 4) is 11.3 Å². The monoisotopic (exact) mass is 390 g/mol. The van der Waals surface area contributed by atoms with Crippen molar-refractivity contribution in [2.75, 3.05) is 0 Å². The van der Waals surface area contributed by atoms with Crippen LogP contribution < -0.4 is 0 Å². The number of carboxylic acids is 1. The summed E-state index contributed by atoms with van der Waals surface area (Å²) >= 11 is 6.28. The Morgan fingerprint density at radius 2 is 1.68 bits per heavy atom. The Hall–Kier alpha value is -3.44. The minimum absolute atomic E-state index is 0.190. The van der Waals surface area contributed by atoms with Gasteiger partial charge in [0.15, 0.2) is 0 Å². The summed E-state index contributed by atoms with van der Waals surface area (Å²) in [5.74, 6) is -1.31. The van der Waals surface area contributed by atoms with Crippen LogP contribution in [0.4, 0.5) is 0 Å². The van der Waals surface area contributed by atoms with Crippen molar-refractivity contribution in [3.63, 3.8) is 0 Å². The number of rotatable bonds is 3. The number of carboxylic acid groups (broad SMARTS) is 1. The summed E-state index contributed by atoms with van der Waals surface area (Å²) in [6.45, 7) is 1.83. The van der Waals surface area contributed by atoms with E-state index >= 15 is 0 Å². The lowest BCUT2D eigenvalue weighted by atomic mass is 10.1. The third-order valence-corrected chi connectivity index (χ3v) is 4.94. The molecule has 0 saturated carbocycles. The fourth-order valence-electron chi connectivity index (χ4n) is 3.21. The quantitative estimate of drug-likeness (QED) is 0.531. The van der Waals surface area contributed by atoms with Crippen molar-refractivity contribution in [1.29, 1.82) is 0 Å². The van der Waals surface area contributed by atoms with Crippen LogP contribution in [-0.4, -0.2) is 26.8 Å². The maximum absolute atomic E-state index is 13.2. The lowest BCUT2D eigenvalue weighted by Gasteiger charge is -2.07. The van der Waals surface area contributed by atoms with Gasteiger partial charge >= 0.3 is 5.97 Å². The number of aromatic nitrogens is 2. The van der Waals surface area contributed by atoms with Gasteiger partial charge in [0.1, 0.15) is 5.69 Å². The summed E-state index contributed by atoms with van der Waals surface area (Å²) in [4.78, 5) is 24.3. The number of para-hydroxylation sites is 1. The Morgan fingerprint density at radius 1 is 0.964 bits per heavy atom. The van der Waals surface area contributed by atoms with E-state index in [0.29, 0.717) is 21.8 Å². The maximum atomic E-state index is 13.2. The van der Waals surface area contributed by atoms with Crippen LogP contribution >= 0.6 is 11.6 Å². The van der Waals surface area contributed by atoms with Crippen LogP contribution in [0, 0.1) is 6.92 Å². The molecule has 28 heavy (non-hydrogen) atoms. The molecule has 3 aromatic carbocycles. The SMILES string of the molecule is Cc1cccc(Cl)c1C(=O)n1nc(-c2ccc(C(=O)O)cc2)c2ccccc21. The molecule has 0 aliphatic rings. The minimum atomic E-state index is -0.994. The average molecular weight is 391 g/mol. The summed E-state index contributed by atoms with van der Waals surface area (Å²) in [5.41, 5.74) is 3.35. The lowest BCUT2D eigenvalue weighted by Crippen LogP contribution is -2.15. The predicted octanol–water partition coefficient (Wildman–Crippen LogP) is 5.05. The molecular weight excluding hydrogens is 376 g/mol. The molecule has 4 aromatic rings. The first-order valence-corrected chi connectivity index (χ1v) is 8.96. The number of hydrogen-bond donors (Lipinski definition) is 1. The van der Waals surface area contributed by atoms with Crippen molar-refractivity contribution >= 4 is 34.4 Å². The van der Waals surface area contributed by atoms with Crippen molar-refractivity contribution in [1.82, 2.24) is 9.78 Å². The van der Waals surface area contributed by atoms with E-state index in [-0.39, 0.29) is 11.5 Å². The number of nitrogens with zero attached hydrogens (tertiary/aromatic N) is 2. The molecule has 1 heterocycles. The second-order valence-corrected chi connectivity index (χ2v) is 6.80. The summed E-state index contributed by atoms with van der Waals surface area (Å²) in [6, 6.07) is 19.1. The zero-order valence-corrected chi connectivity index (χ0v) is 15.6. The van der Waals surface area contributed by atoms with Crippen molar-refractivity contribution in [2.24, 2.45) is 0 Å². The van der Waals surface area contributed by atoms with Gasteiger partial charge in [-0.05, 0) is 36.8 Å². The van der Waals surface area contributed by atoms with Gasteiger partial charge in [-0.3, -0.25) is 4.79 Å². The summed E-state index contributed by atoms with van der Waals surface area (Å²) in [6.07, 6.45) is 0. The van der Waals surface area contributed by atoms with Gasteiger partial charge in [-0.1, -0.05) is 54.1 Å². The highest BCUT2D eigenvalue weighted by Gasteiger charge is 2.21. The molecule has 1 N–H and O–H groups in total. The Labute approximate surface area is 165 Å². The Balaban J connectivity index is 1.90. The van der Waals surface area contributed by atoms with E-state index in [9.17, 15) is 9.59 Å². The van der Waals surface area contributed by atoms with E-state index in [2.05, 4.69) is 5.10 Å². The summed E-state index contributed by atoms with van der Waals surface area (Å²) < 4.78 is 1.35. The molecule has 0 atom stereocenters. The smallest absolute Gasteiger partial charge is 0.335 e. The van der Waals surface area contributed by atoms with Gasteiger partial charge in [0.2, 0.25) is 0 Å². The number of carbonyl (C=O) groups is 2. The van der Waals surface area contributed by atoms with E-state index in [0.717, 1.165) is 16.5 Å². The second-order valence-electron chi connectivity index (χ2n) is 6.40. The first-order chi connectivity index (χ1) is 13.5. The standard InChI is InChI=1S/C22H15ClN2O3/c1-13-5-4-7-17(23)19(13)21(26)25-18-8-3-2-6-16(18)20(24-25)14-9-11-15(12-10-14)22(27)28/h2-12H,1H3,(H,27,28). The first kappa shape index (κ1) is 17.9. The Morgan fingerprint density at radius 3 is 2.36 bits per heavy atom. The molecule has 0 radical (unpaired) electrons. The zero-order chi connectivity index (χ0) is 19.8. The Kier molecular flexibility index (Phi) is 4.45. The van der Waals surface area contributed by atoms with Crippen LogP contribution in [0.2, 0.25) is 5.02 Å². The first-order valence-electron chi connectivity index (χ1n) is 8.58. The van der Waals surface area contributed by atoms with Crippen LogP contribution in [0.25, 0.3) is 22.2 Å². The fraction of sp³-hybridized carbons (Fsp3) is 0.0455. The number of aryl methyl sites for hydroxylation is 1. The van der Waals surface area contributed by atoms with Gasteiger partial charge in [-0.15, -0.1) is 0 Å². The molecule has 0 aliphatic carbocycles. The van der Waals surface area contributed by atoms with Crippen LogP contribution in [0.5, 0.6) is 0 Å². The third kappa shape index (κ3) is 2.96.